The largest absolute Gasteiger partial charge is 0.494 e. The zero-order valence-electron chi connectivity index (χ0n) is 29.1. The van der Waals surface area contributed by atoms with E-state index in [9.17, 15) is 49.1 Å². The highest BCUT2D eigenvalue weighted by molar-refractivity contribution is 5.91. The van der Waals surface area contributed by atoms with Crippen LogP contribution >= 0.6 is 0 Å². The molecule has 292 valence electrons. The maximum absolute atomic E-state index is 13.5. The minimum atomic E-state index is -7.16. The summed E-state index contributed by atoms with van der Waals surface area (Å²) in [6, 6.07) is 20.8. The van der Waals surface area contributed by atoms with Crippen LogP contribution in [0, 0.1) is 0 Å². The molecular weight excluding hydrogens is 723 g/mol. The lowest BCUT2D eigenvalue weighted by Crippen LogP contribution is -2.63. The molecule has 0 saturated carbocycles. The third kappa shape index (κ3) is 11.8. The van der Waals surface area contributed by atoms with Gasteiger partial charge in [0.2, 0.25) is 0 Å². The van der Waals surface area contributed by atoms with Gasteiger partial charge < -0.3 is 18.9 Å². The smallest absolute Gasteiger partial charge is 0.460 e. The SMILES string of the molecule is CCCCCC[C@H](C)Oc1ccc(C(=O)Oc2ccc(-c3ccc(OCCCCCCOC(=O)C(F)(F)C(F)(F)C(F)(F)C(F)(F)F)cc3)cc2)cc1. The second kappa shape index (κ2) is 19.1. The standard InChI is InChI=1S/C38H41F9O6/c1-3-4-5-8-11-26(2)52-31-22-16-29(17-23-31)33(48)53-32-20-14-28(15-21-32)27-12-18-30(19-13-27)50-24-9-6-7-10-25-51-34(49)35(39,40)36(41,42)37(43,44)38(45,46)47/h12-23,26H,3-11,24-25H2,1-2H3/t26-/m0/s1. The zero-order chi connectivity index (χ0) is 39.3. The number of ether oxygens (including phenoxy) is 4. The quantitative estimate of drug-likeness (QED) is 0.0466. The highest BCUT2D eigenvalue weighted by Crippen LogP contribution is 2.53. The summed E-state index contributed by atoms with van der Waals surface area (Å²) in [6.45, 7) is 3.53. The summed E-state index contributed by atoms with van der Waals surface area (Å²) >= 11 is 0. The Balaban J connectivity index is 1.35. The monoisotopic (exact) mass is 764 g/mol. The van der Waals surface area contributed by atoms with Crippen LogP contribution in [0.3, 0.4) is 0 Å². The average molecular weight is 765 g/mol. The summed E-state index contributed by atoms with van der Waals surface area (Å²) in [4.78, 5) is 23.9. The topological polar surface area (TPSA) is 71.1 Å². The van der Waals surface area contributed by atoms with Crippen molar-refractivity contribution in [2.75, 3.05) is 13.2 Å². The molecule has 0 bridgehead atoms. The summed E-state index contributed by atoms with van der Waals surface area (Å²) in [7, 11) is 0. The molecule has 0 heterocycles. The van der Waals surface area contributed by atoms with Crippen molar-refractivity contribution < 1.29 is 68.1 Å². The van der Waals surface area contributed by atoms with Crippen LogP contribution < -0.4 is 14.2 Å². The van der Waals surface area contributed by atoms with Crippen LogP contribution in [0.5, 0.6) is 17.2 Å². The van der Waals surface area contributed by atoms with Crippen molar-refractivity contribution in [3.63, 3.8) is 0 Å². The first-order valence-electron chi connectivity index (χ1n) is 17.1. The fourth-order valence-electron chi connectivity index (χ4n) is 4.95. The van der Waals surface area contributed by atoms with Gasteiger partial charge in [-0.1, -0.05) is 50.5 Å². The molecule has 53 heavy (non-hydrogen) atoms. The molecule has 1 atom stereocenters. The van der Waals surface area contributed by atoms with Gasteiger partial charge in [-0.3, -0.25) is 0 Å². The van der Waals surface area contributed by atoms with Crippen molar-refractivity contribution in [2.45, 2.75) is 102 Å². The molecule has 0 aliphatic carbocycles. The van der Waals surface area contributed by atoms with Gasteiger partial charge in [0.25, 0.3) is 0 Å². The Kier molecular flexibility index (Phi) is 15.5. The van der Waals surface area contributed by atoms with Gasteiger partial charge >= 0.3 is 35.9 Å². The van der Waals surface area contributed by atoms with E-state index in [1.54, 1.807) is 60.7 Å². The Hall–Kier alpha value is -4.43. The molecule has 3 aromatic rings. The molecule has 0 fully saturated rings. The van der Waals surface area contributed by atoms with Gasteiger partial charge in [-0.25, -0.2) is 9.59 Å². The molecule has 0 N–H and O–H groups in total. The molecule has 0 aromatic heterocycles. The van der Waals surface area contributed by atoms with Gasteiger partial charge in [-0.15, -0.1) is 0 Å². The van der Waals surface area contributed by atoms with Gasteiger partial charge in [0.15, 0.2) is 0 Å². The first-order valence-corrected chi connectivity index (χ1v) is 17.1. The normalized spacial score (nSPS) is 13.0. The average Bonchev–Trinajstić information content (AvgIpc) is 3.11. The molecule has 6 nitrogen and oxygen atoms in total. The number of carbonyl (C=O) groups is 2. The van der Waals surface area contributed by atoms with Gasteiger partial charge in [-0.05, 0) is 105 Å². The molecular formula is C38H41F9O6. The number of unbranched alkanes of at least 4 members (excludes halogenated alkanes) is 6. The predicted molar refractivity (Wildman–Crippen MR) is 178 cm³/mol. The lowest BCUT2D eigenvalue weighted by molar-refractivity contribution is -0.390. The molecule has 0 aliphatic heterocycles. The lowest BCUT2D eigenvalue weighted by Gasteiger charge is -2.32. The number of esters is 2. The number of carbonyl (C=O) groups excluding carboxylic acids is 2. The van der Waals surface area contributed by atoms with Crippen LogP contribution in [0.1, 0.15) is 82.0 Å². The number of hydrogen-bond acceptors (Lipinski definition) is 6. The molecule has 3 aromatic carbocycles. The van der Waals surface area contributed by atoms with Crippen molar-refractivity contribution >= 4 is 11.9 Å². The predicted octanol–water partition coefficient (Wildman–Crippen LogP) is 11.3. The lowest BCUT2D eigenvalue weighted by atomic mass is 10.0. The Bertz CT molecular complexity index is 1580. The summed E-state index contributed by atoms with van der Waals surface area (Å²) in [5, 5.41) is 0. The van der Waals surface area contributed by atoms with E-state index in [4.69, 9.17) is 14.2 Å². The number of alkyl halides is 9. The molecule has 15 heteroatoms. The number of hydrogen-bond donors (Lipinski definition) is 0. The maximum Gasteiger partial charge on any atom is 0.460 e. The number of benzene rings is 3. The fraction of sp³-hybridized carbons (Fsp3) is 0.474. The van der Waals surface area contributed by atoms with Crippen LogP contribution in [0.4, 0.5) is 39.5 Å². The fourth-order valence-corrected chi connectivity index (χ4v) is 4.95. The highest BCUT2D eigenvalue weighted by atomic mass is 19.4. The molecule has 0 spiro atoms. The Labute approximate surface area is 301 Å². The van der Waals surface area contributed by atoms with E-state index in [0.29, 0.717) is 35.7 Å². The summed E-state index contributed by atoms with van der Waals surface area (Å²) in [6.07, 6.45) is -0.377. The molecule has 0 amide bonds. The Morgan fingerprint density at radius 2 is 1.11 bits per heavy atom. The van der Waals surface area contributed by atoms with E-state index >= 15 is 0 Å². The summed E-state index contributed by atoms with van der Waals surface area (Å²) in [5.74, 6) is -22.7. The van der Waals surface area contributed by atoms with Gasteiger partial charge in [0, 0.05) is 0 Å². The summed E-state index contributed by atoms with van der Waals surface area (Å²) < 4.78 is 137. The first kappa shape index (κ1) is 43.0. The van der Waals surface area contributed by atoms with Crippen molar-refractivity contribution in [1.82, 2.24) is 0 Å². The molecule has 3 rings (SSSR count). The van der Waals surface area contributed by atoms with E-state index < -0.39 is 42.5 Å². The molecule has 0 aliphatic rings. The van der Waals surface area contributed by atoms with E-state index in [0.717, 1.165) is 24.0 Å². The minimum absolute atomic E-state index is 0.0750. The van der Waals surface area contributed by atoms with Crippen LogP contribution in [-0.4, -0.2) is 55.2 Å². The van der Waals surface area contributed by atoms with Gasteiger partial charge in [0.05, 0.1) is 24.9 Å². The van der Waals surface area contributed by atoms with Gasteiger partial charge in [-0.2, -0.15) is 39.5 Å². The Morgan fingerprint density at radius 1 is 0.604 bits per heavy atom. The van der Waals surface area contributed by atoms with Crippen molar-refractivity contribution in [2.24, 2.45) is 0 Å². The van der Waals surface area contributed by atoms with Crippen molar-refractivity contribution in [3.05, 3.63) is 78.4 Å². The maximum atomic E-state index is 13.5. The van der Waals surface area contributed by atoms with E-state index in [-0.39, 0.29) is 25.6 Å². The molecule has 0 radical (unpaired) electrons. The second-order valence-corrected chi connectivity index (χ2v) is 12.4. The summed E-state index contributed by atoms with van der Waals surface area (Å²) in [5.41, 5.74) is 2.08. The first-order chi connectivity index (χ1) is 24.9. The van der Waals surface area contributed by atoms with Crippen molar-refractivity contribution in [3.8, 4) is 28.4 Å². The highest BCUT2D eigenvalue weighted by Gasteiger charge is 2.84. The number of halogens is 9. The molecule has 0 unspecified atom stereocenters. The van der Waals surface area contributed by atoms with Crippen LogP contribution in [0.15, 0.2) is 72.8 Å². The van der Waals surface area contributed by atoms with Crippen molar-refractivity contribution in [1.29, 1.82) is 0 Å². The Morgan fingerprint density at radius 3 is 1.66 bits per heavy atom. The third-order valence-electron chi connectivity index (χ3n) is 8.09. The number of rotatable bonds is 21. The van der Waals surface area contributed by atoms with E-state index in [1.807, 2.05) is 19.1 Å². The zero-order valence-corrected chi connectivity index (χ0v) is 29.1. The second-order valence-electron chi connectivity index (χ2n) is 12.4. The van der Waals surface area contributed by atoms with Crippen LogP contribution in [0.2, 0.25) is 0 Å². The van der Waals surface area contributed by atoms with Gasteiger partial charge in [0.1, 0.15) is 17.2 Å². The third-order valence-corrected chi connectivity index (χ3v) is 8.09. The van der Waals surface area contributed by atoms with Crippen LogP contribution in [0.25, 0.3) is 11.1 Å². The van der Waals surface area contributed by atoms with E-state index in [2.05, 4.69) is 11.7 Å². The molecule has 0 saturated heterocycles. The van der Waals surface area contributed by atoms with E-state index in [1.165, 1.54) is 19.3 Å². The minimum Gasteiger partial charge on any atom is -0.494 e. The van der Waals surface area contributed by atoms with Crippen LogP contribution in [-0.2, 0) is 9.53 Å².